The van der Waals surface area contributed by atoms with Crippen LogP contribution in [0.1, 0.15) is 36.8 Å². The number of rotatable bonds is 7. The lowest BCUT2D eigenvalue weighted by Crippen LogP contribution is -2.25. The maximum absolute atomic E-state index is 13.3. The molecule has 2 N–H and O–H groups in total. The normalized spacial score (nSPS) is 15.3. The predicted octanol–water partition coefficient (Wildman–Crippen LogP) is 4.39. The van der Waals surface area contributed by atoms with Gasteiger partial charge < -0.3 is 29.2 Å². The van der Waals surface area contributed by atoms with E-state index >= 15 is 0 Å². The fourth-order valence-electron chi connectivity index (χ4n) is 4.57. The minimum atomic E-state index is -4.67. The molecule has 4 aromatic rings. The number of fused-ring (bicyclic) bond motifs is 1. The number of aryl methyl sites for hydroxylation is 2. The molecule has 42 heavy (non-hydrogen) atoms. The SMILES string of the molecule is Cn1cc(C(F)(F)F)cc(Nc2nc3ncc(Oc4ccnc(NC(=O)CC5CCCCO5)c4)c(C#N)c3n2C)c1=O. The quantitative estimate of drug-likeness (QED) is 0.324. The first-order valence-corrected chi connectivity index (χ1v) is 12.9. The fourth-order valence-corrected chi connectivity index (χ4v) is 4.57. The van der Waals surface area contributed by atoms with E-state index in [1.807, 2.05) is 0 Å². The molecule has 0 radical (unpaired) electrons. The van der Waals surface area contributed by atoms with Crippen molar-refractivity contribution in [3.8, 4) is 17.6 Å². The van der Waals surface area contributed by atoms with Crippen LogP contribution in [0.4, 0.5) is 30.6 Å². The van der Waals surface area contributed by atoms with Crippen LogP contribution in [0.5, 0.6) is 11.5 Å². The Morgan fingerprint density at radius 1 is 1.26 bits per heavy atom. The maximum Gasteiger partial charge on any atom is 0.417 e. The van der Waals surface area contributed by atoms with Crippen LogP contribution in [-0.2, 0) is 29.8 Å². The Balaban J connectivity index is 1.39. The molecule has 5 heterocycles. The van der Waals surface area contributed by atoms with E-state index in [1.54, 1.807) is 0 Å². The predicted molar refractivity (Wildman–Crippen MR) is 144 cm³/mol. The van der Waals surface area contributed by atoms with Gasteiger partial charge in [0.15, 0.2) is 11.4 Å². The van der Waals surface area contributed by atoms with Crippen LogP contribution >= 0.6 is 0 Å². The molecular formula is C27H25F3N8O4. The highest BCUT2D eigenvalue weighted by Gasteiger charge is 2.32. The number of amides is 1. The minimum absolute atomic E-state index is 0.0153. The van der Waals surface area contributed by atoms with Crippen molar-refractivity contribution in [1.82, 2.24) is 24.1 Å². The fraction of sp³-hybridized carbons (Fsp3) is 0.333. The third-order valence-electron chi connectivity index (χ3n) is 6.65. The largest absolute Gasteiger partial charge is 0.454 e. The highest BCUT2D eigenvalue weighted by atomic mass is 19.4. The Kier molecular flexibility index (Phi) is 7.81. The highest BCUT2D eigenvalue weighted by Crippen LogP contribution is 2.33. The second kappa shape index (κ2) is 11.5. The summed E-state index contributed by atoms with van der Waals surface area (Å²) in [5.74, 6) is 0.306. The van der Waals surface area contributed by atoms with Crippen molar-refractivity contribution in [3.63, 3.8) is 0 Å². The minimum Gasteiger partial charge on any atom is -0.454 e. The summed E-state index contributed by atoms with van der Waals surface area (Å²) in [6, 6.07) is 5.77. The first-order chi connectivity index (χ1) is 20.0. The molecule has 0 bridgehead atoms. The van der Waals surface area contributed by atoms with Crippen LogP contribution < -0.4 is 20.9 Å². The topological polar surface area (TPSA) is 149 Å². The second-order valence-electron chi connectivity index (χ2n) is 9.68. The van der Waals surface area contributed by atoms with Gasteiger partial charge in [0.2, 0.25) is 11.9 Å². The Labute approximate surface area is 236 Å². The molecule has 1 atom stereocenters. The van der Waals surface area contributed by atoms with Crippen molar-refractivity contribution >= 4 is 34.5 Å². The molecule has 218 valence electrons. The van der Waals surface area contributed by atoms with Gasteiger partial charge in [-0.15, -0.1) is 0 Å². The highest BCUT2D eigenvalue weighted by molar-refractivity contribution is 5.90. The van der Waals surface area contributed by atoms with Crippen molar-refractivity contribution in [2.75, 3.05) is 17.2 Å². The molecule has 4 aromatic heterocycles. The van der Waals surface area contributed by atoms with Crippen LogP contribution in [0, 0.1) is 11.3 Å². The lowest BCUT2D eigenvalue weighted by molar-refractivity contribution is -0.138. The molecule has 1 amide bonds. The lowest BCUT2D eigenvalue weighted by Gasteiger charge is -2.21. The third-order valence-corrected chi connectivity index (χ3v) is 6.65. The van der Waals surface area contributed by atoms with Crippen LogP contribution in [0.15, 0.2) is 41.6 Å². The Morgan fingerprint density at radius 3 is 2.79 bits per heavy atom. The number of ether oxygens (including phenoxy) is 2. The summed E-state index contributed by atoms with van der Waals surface area (Å²) >= 11 is 0. The van der Waals surface area contributed by atoms with Gasteiger partial charge in [-0.05, 0) is 31.4 Å². The number of hydrogen-bond acceptors (Lipinski definition) is 9. The van der Waals surface area contributed by atoms with Crippen LogP contribution in [0.3, 0.4) is 0 Å². The summed E-state index contributed by atoms with van der Waals surface area (Å²) in [4.78, 5) is 37.6. The Morgan fingerprint density at radius 2 is 2.07 bits per heavy atom. The van der Waals surface area contributed by atoms with Crippen molar-refractivity contribution in [1.29, 1.82) is 5.26 Å². The number of halogens is 3. The molecule has 0 aromatic carbocycles. The van der Waals surface area contributed by atoms with E-state index in [2.05, 4.69) is 31.7 Å². The zero-order chi connectivity index (χ0) is 30.0. The van der Waals surface area contributed by atoms with Gasteiger partial charge in [0.25, 0.3) is 5.56 Å². The lowest BCUT2D eigenvalue weighted by atomic mass is 10.1. The number of aromatic nitrogens is 5. The number of nitrogens with one attached hydrogen (secondary N) is 2. The van der Waals surface area contributed by atoms with E-state index in [0.29, 0.717) is 18.9 Å². The van der Waals surface area contributed by atoms with E-state index in [1.165, 1.54) is 43.2 Å². The van der Waals surface area contributed by atoms with Gasteiger partial charge in [0.05, 0.1) is 24.3 Å². The number of alkyl halides is 3. The van der Waals surface area contributed by atoms with E-state index in [0.717, 1.165) is 23.8 Å². The summed E-state index contributed by atoms with van der Waals surface area (Å²) < 4.78 is 53.7. The van der Waals surface area contributed by atoms with E-state index < -0.39 is 17.3 Å². The Hall–Kier alpha value is -4.97. The molecule has 0 saturated carbocycles. The molecule has 0 spiro atoms. The van der Waals surface area contributed by atoms with Gasteiger partial charge in [-0.2, -0.15) is 23.4 Å². The summed E-state index contributed by atoms with van der Waals surface area (Å²) in [6.07, 6.45) is 1.62. The van der Waals surface area contributed by atoms with Crippen molar-refractivity contribution in [2.45, 2.75) is 38.0 Å². The zero-order valence-electron chi connectivity index (χ0n) is 22.5. The maximum atomic E-state index is 13.3. The van der Waals surface area contributed by atoms with Crippen molar-refractivity contribution in [3.05, 3.63) is 58.3 Å². The standard InChI is InChI=1S/C27H25F3N8O4/c1-37-14-15(27(28,29)30)9-19(25(37)40)34-26-36-24-23(38(26)2)18(12-31)20(13-33-24)42-17-6-7-32-21(10-17)35-22(39)11-16-5-3-4-8-41-16/h6-7,9-10,13-14,16H,3-5,8,11H2,1-2H3,(H,32,35,39)(H,33,34,36). The van der Waals surface area contributed by atoms with E-state index in [4.69, 9.17) is 9.47 Å². The monoisotopic (exact) mass is 582 g/mol. The van der Waals surface area contributed by atoms with Gasteiger partial charge >= 0.3 is 6.18 Å². The van der Waals surface area contributed by atoms with Gasteiger partial charge in [-0.25, -0.2) is 9.97 Å². The number of hydrogen-bond donors (Lipinski definition) is 2. The smallest absolute Gasteiger partial charge is 0.417 e. The summed E-state index contributed by atoms with van der Waals surface area (Å²) in [6.45, 7) is 0.636. The van der Waals surface area contributed by atoms with Crippen LogP contribution in [0.2, 0.25) is 0 Å². The molecule has 1 unspecified atom stereocenters. The molecule has 1 saturated heterocycles. The van der Waals surface area contributed by atoms with Crippen LogP contribution in [-0.4, -0.2) is 42.7 Å². The molecule has 1 fully saturated rings. The second-order valence-corrected chi connectivity index (χ2v) is 9.68. The molecule has 1 aliphatic heterocycles. The number of anilines is 3. The first-order valence-electron chi connectivity index (χ1n) is 12.9. The number of nitrogens with zero attached hydrogens (tertiary/aromatic N) is 6. The molecule has 1 aliphatic rings. The van der Waals surface area contributed by atoms with Gasteiger partial charge in [0.1, 0.15) is 34.4 Å². The number of nitriles is 1. The third kappa shape index (κ3) is 6.03. The zero-order valence-corrected chi connectivity index (χ0v) is 22.5. The van der Waals surface area contributed by atoms with Gasteiger partial charge in [0, 0.05) is 39.2 Å². The average molecular weight is 583 g/mol. The Bertz CT molecular complexity index is 1750. The summed E-state index contributed by atoms with van der Waals surface area (Å²) in [5.41, 5.74) is -1.73. The number of pyridine rings is 3. The van der Waals surface area contributed by atoms with Crippen molar-refractivity contribution < 1.29 is 27.4 Å². The van der Waals surface area contributed by atoms with E-state index in [9.17, 15) is 28.0 Å². The van der Waals surface area contributed by atoms with Crippen LogP contribution in [0.25, 0.3) is 11.2 Å². The van der Waals surface area contributed by atoms with E-state index in [-0.39, 0.29) is 64.1 Å². The molecule has 0 aliphatic carbocycles. The summed E-state index contributed by atoms with van der Waals surface area (Å²) in [5, 5.41) is 15.3. The number of imidazole rings is 1. The average Bonchev–Trinajstić information content (AvgIpc) is 3.26. The number of carbonyl (C=O) groups is 1. The van der Waals surface area contributed by atoms with Crippen molar-refractivity contribution in [2.24, 2.45) is 14.1 Å². The molecule has 15 heteroatoms. The molecule has 5 rings (SSSR count). The summed E-state index contributed by atoms with van der Waals surface area (Å²) in [7, 11) is 2.72. The van der Waals surface area contributed by atoms with Gasteiger partial charge in [-0.3, -0.25) is 9.59 Å². The molecular weight excluding hydrogens is 557 g/mol. The first kappa shape index (κ1) is 28.6. The molecule has 12 nitrogen and oxygen atoms in total. The van der Waals surface area contributed by atoms with Gasteiger partial charge in [-0.1, -0.05) is 0 Å². The number of carbonyl (C=O) groups excluding carboxylic acids is 1.